The molecule has 21 rings (SSSR count). The molecule has 0 amide bonds. The van der Waals surface area contributed by atoms with Gasteiger partial charge in [-0.2, -0.15) is 13.2 Å². The number of alkyl halides is 3. The van der Waals surface area contributed by atoms with E-state index in [4.69, 9.17) is 6.57 Å². The summed E-state index contributed by atoms with van der Waals surface area (Å²) in [6.45, 7) is 10.8. The molecule has 15 aromatic carbocycles. The van der Waals surface area contributed by atoms with Gasteiger partial charge in [-0.15, -0.1) is 0 Å². The minimum absolute atomic E-state index is 0.414. The second-order valence-electron chi connectivity index (χ2n) is 27.0. The monoisotopic (exact) mass is 1330 g/mol. The normalized spacial score (nSPS) is 12.3. The molecule has 0 unspecified atom stereocenters. The summed E-state index contributed by atoms with van der Waals surface area (Å²) in [5.74, 6) is 0. The van der Waals surface area contributed by atoms with Gasteiger partial charge in [0.15, 0.2) is 5.69 Å². The number of fused-ring (bicyclic) bond motifs is 18. The zero-order valence-corrected chi connectivity index (χ0v) is 55.4. The molecule has 0 aliphatic rings. The van der Waals surface area contributed by atoms with Gasteiger partial charge >= 0.3 is 6.18 Å². The number of aromatic nitrogens is 6. The molecule has 10 heteroatoms. The summed E-state index contributed by atoms with van der Waals surface area (Å²) in [6.07, 6.45) is -4.53. The molecule has 0 atom stereocenters. The van der Waals surface area contributed by atoms with Crippen LogP contribution in [-0.4, -0.2) is 27.4 Å². The quantitative estimate of drug-likeness (QED) is 0.136. The molecule has 0 spiro atoms. The predicted molar refractivity (Wildman–Crippen MR) is 419 cm³/mol. The van der Waals surface area contributed by atoms with Crippen LogP contribution in [0, 0.1) is 13.5 Å². The predicted octanol–water partition coefficient (Wildman–Crippen LogP) is 25.5. The van der Waals surface area contributed by atoms with E-state index in [1.807, 2.05) is 18.2 Å². The maximum absolute atomic E-state index is 14.5. The fraction of sp³-hybridized carbons (Fsp3) is 0.0215. The third kappa shape index (κ3) is 8.57. The number of nitrogens with zero attached hydrogens (tertiary/aromatic N) is 7. The molecule has 0 saturated carbocycles. The highest BCUT2D eigenvalue weighted by atomic mass is 19.4. The zero-order chi connectivity index (χ0) is 68.5. The molecule has 0 bridgehead atoms. The molecular weight excluding hydrogens is 1270 g/mol. The largest absolute Gasteiger partial charge is 0.416 e. The fourth-order valence-corrected chi connectivity index (χ4v) is 17.1. The SMILES string of the molecule is [C-]#[N+]c1ccc(-n2c3ccc(-n4c5ccccc5c5ccccc54)cc3c3cc(-n4c5ccccc5c5ccccc54)ccc32)cc1-c1cc(-c2ccc(C(F)(F)F)cc2C)ccc1-n1c2ccc(-n3c4ccccc4c4ccccc43)cc2c2cc(-n3c4ccccc4c4ccccc43)ccc21. The van der Waals surface area contributed by atoms with Crippen LogP contribution in [0.4, 0.5) is 18.9 Å². The third-order valence-corrected chi connectivity index (χ3v) is 21.6. The van der Waals surface area contributed by atoms with Crippen LogP contribution in [0.3, 0.4) is 0 Å². The van der Waals surface area contributed by atoms with Gasteiger partial charge in [0.25, 0.3) is 0 Å². The van der Waals surface area contributed by atoms with Gasteiger partial charge in [-0.05, 0) is 192 Å². The van der Waals surface area contributed by atoms with E-state index in [0.29, 0.717) is 27.9 Å². The molecule has 6 heterocycles. The van der Waals surface area contributed by atoms with Gasteiger partial charge in [0.05, 0.1) is 84.0 Å². The smallest absolute Gasteiger partial charge is 0.309 e. The maximum atomic E-state index is 14.5. The van der Waals surface area contributed by atoms with E-state index in [-0.39, 0.29) is 0 Å². The molecular formula is C93H56F3N7. The molecule has 0 radical (unpaired) electrons. The van der Waals surface area contributed by atoms with Crippen molar-refractivity contribution in [3.63, 3.8) is 0 Å². The first kappa shape index (κ1) is 58.4. The van der Waals surface area contributed by atoms with Gasteiger partial charge in [0.2, 0.25) is 0 Å². The van der Waals surface area contributed by atoms with Gasteiger partial charge < -0.3 is 27.4 Å². The molecule has 21 aromatic rings. The van der Waals surface area contributed by atoms with Crippen molar-refractivity contribution >= 4 is 137 Å². The van der Waals surface area contributed by atoms with Crippen LogP contribution in [0.1, 0.15) is 11.1 Å². The van der Waals surface area contributed by atoms with Gasteiger partial charge in [0.1, 0.15) is 0 Å². The number of rotatable bonds is 8. The summed E-state index contributed by atoms with van der Waals surface area (Å²) in [5.41, 5.74) is 21.2. The highest BCUT2D eigenvalue weighted by molar-refractivity contribution is 6.17. The number of para-hydroxylation sites is 8. The Bertz CT molecular complexity index is 6720. The average molecular weight is 1330 g/mol. The Balaban J connectivity index is 0.832. The first-order valence-corrected chi connectivity index (χ1v) is 34.6. The Hall–Kier alpha value is -13.6. The van der Waals surface area contributed by atoms with Crippen LogP contribution < -0.4 is 0 Å². The first-order chi connectivity index (χ1) is 50.6. The summed E-state index contributed by atoms with van der Waals surface area (Å²) >= 11 is 0. The summed E-state index contributed by atoms with van der Waals surface area (Å²) < 4.78 is 57.7. The van der Waals surface area contributed by atoms with Crippen LogP contribution in [0.15, 0.2) is 322 Å². The van der Waals surface area contributed by atoms with Gasteiger partial charge in [0, 0.05) is 93.1 Å². The Kier molecular flexibility index (Phi) is 12.4. The Morgan fingerprint density at radius 1 is 0.252 bits per heavy atom. The van der Waals surface area contributed by atoms with E-state index in [1.54, 1.807) is 13.0 Å². The van der Waals surface area contributed by atoms with Crippen molar-refractivity contribution in [2.75, 3.05) is 0 Å². The van der Waals surface area contributed by atoms with E-state index >= 15 is 0 Å². The molecule has 0 aliphatic carbocycles. The van der Waals surface area contributed by atoms with Crippen molar-refractivity contribution in [2.24, 2.45) is 0 Å². The lowest BCUT2D eigenvalue weighted by Gasteiger charge is -2.19. The molecule has 103 heavy (non-hydrogen) atoms. The van der Waals surface area contributed by atoms with E-state index in [2.05, 4.69) is 317 Å². The Morgan fingerprint density at radius 3 is 0.854 bits per heavy atom. The van der Waals surface area contributed by atoms with E-state index < -0.39 is 11.7 Å². The second kappa shape index (κ2) is 21.9. The summed E-state index contributed by atoms with van der Waals surface area (Å²) in [5, 5.41) is 13.4. The second-order valence-corrected chi connectivity index (χ2v) is 27.0. The third-order valence-electron chi connectivity index (χ3n) is 21.6. The standard InChI is InChI=1S/C93H56F3N7/c1-56-49-58(93(94,95)96)36-42-64(56)57-35-44-90(103-91-47-40-62(100-84-31-15-7-23-69(84)70-24-8-16-32-85(70)100)54-77(91)78-55-63(41-48-92(78)103)101-86-33-17-9-25-71(86)72-26-10-18-34-87(72)101)74(50-57)73-51-59(37-43-79(73)97-2)102-88-45-38-60(98-80-27-11-3-19-65(80)66-20-4-12-28-81(66)98)52-75(88)76-53-61(39-46-89(76)102)99-82-29-13-5-21-67(82)68-22-6-14-30-83(68)99/h3-55H,1H3. The number of aryl methyl sites for hydroxylation is 1. The van der Waals surface area contributed by atoms with E-state index in [0.717, 1.165) is 149 Å². The van der Waals surface area contributed by atoms with Gasteiger partial charge in [-0.3, -0.25) is 0 Å². The van der Waals surface area contributed by atoms with Crippen LogP contribution in [0.25, 0.3) is 192 Å². The summed E-state index contributed by atoms with van der Waals surface area (Å²) in [6, 6.07) is 112. The van der Waals surface area contributed by atoms with Gasteiger partial charge in [-0.1, -0.05) is 164 Å². The van der Waals surface area contributed by atoms with Crippen molar-refractivity contribution in [3.8, 4) is 56.4 Å². The summed E-state index contributed by atoms with van der Waals surface area (Å²) in [7, 11) is 0. The molecule has 0 saturated heterocycles. The number of benzene rings is 15. The molecule has 0 aliphatic heterocycles. The van der Waals surface area contributed by atoms with Crippen LogP contribution >= 0.6 is 0 Å². The molecule has 484 valence electrons. The summed E-state index contributed by atoms with van der Waals surface area (Å²) in [4.78, 5) is 4.35. The van der Waals surface area contributed by atoms with Crippen LogP contribution in [0.5, 0.6) is 0 Å². The van der Waals surface area contributed by atoms with Crippen molar-refractivity contribution in [1.29, 1.82) is 0 Å². The topological polar surface area (TPSA) is 33.9 Å². The lowest BCUT2D eigenvalue weighted by Crippen LogP contribution is -2.05. The first-order valence-electron chi connectivity index (χ1n) is 34.6. The molecule has 6 aromatic heterocycles. The highest BCUT2D eigenvalue weighted by Crippen LogP contribution is 2.48. The number of hydrogen-bond donors (Lipinski definition) is 0. The minimum atomic E-state index is -4.53. The average Bonchev–Trinajstić information content (AvgIpc) is 1.57. The van der Waals surface area contributed by atoms with Crippen molar-refractivity contribution < 1.29 is 13.2 Å². The van der Waals surface area contributed by atoms with Crippen molar-refractivity contribution in [2.45, 2.75) is 13.1 Å². The zero-order valence-electron chi connectivity index (χ0n) is 55.4. The van der Waals surface area contributed by atoms with E-state index in [1.165, 1.54) is 33.7 Å². The van der Waals surface area contributed by atoms with Crippen molar-refractivity contribution in [3.05, 3.63) is 344 Å². The lowest BCUT2D eigenvalue weighted by molar-refractivity contribution is -0.137. The molecule has 7 nitrogen and oxygen atoms in total. The van der Waals surface area contributed by atoms with Gasteiger partial charge in [-0.25, -0.2) is 4.85 Å². The molecule has 0 N–H and O–H groups in total. The number of halogens is 3. The number of hydrogen-bond acceptors (Lipinski definition) is 0. The lowest BCUT2D eigenvalue weighted by atomic mass is 9.93. The highest BCUT2D eigenvalue weighted by Gasteiger charge is 2.31. The maximum Gasteiger partial charge on any atom is 0.416 e. The molecule has 0 fully saturated rings. The van der Waals surface area contributed by atoms with Crippen LogP contribution in [-0.2, 0) is 6.18 Å². The fourth-order valence-electron chi connectivity index (χ4n) is 17.1. The Morgan fingerprint density at radius 2 is 0.544 bits per heavy atom. The van der Waals surface area contributed by atoms with Crippen molar-refractivity contribution in [1.82, 2.24) is 27.4 Å². The van der Waals surface area contributed by atoms with E-state index in [9.17, 15) is 13.2 Å². The minimum Gasteiger partial charge on any atom is -0.309 e. The van der Waals surface area contributed by atoms with Crippen LogP contribution in [0.2, 0.25) is 0 Å². The Labute approximate surface area is 587 Å².